The fourth-order valence-electron chi connectivity index (χ4n) is 1.79. The summed E-state index contributed by atoms with van der Waals surface area (Å²) in [6.45, 7) is 6.74. The number of benzene rings is 1. The van der Waals surface area contributed by atoms with Gasteiger partial charge in [-0.3, -0.25) is 4.79 Å². The summed E-state index contributed by atoms with van der Waals surface area (Å²) >= 11 is 0. The number of carbonyl (C=O) groups is 1. The molecule has 0 unspecified atom stereocenters. The van der Waals surface area contributed by atoms with Crippen molar-refractivity contribution in [3.8, 4) is 0 Å². The van der Waals surface area contributed by atoms with Crippen molar-refractivity contribution in [3.05, 3.63) is 47.9 Å². The van der Waals surface area contributed by atoms with Crippen LogP contribution < -0.4 is 10.6 Å². The summed E-state index contributed by atoms with van der Waals surface area (Å²) < 4.78 is 0. The molecule has 0 aliphatic heterocycles. The molecule has 0 saturated heterocycles. The fraction of sp³-hybridized carbons (Fsp3) is 0.312. The molecule has 2 rings (SSSR count). The van der Waals surface area contributed by atoms with E-state index in [2.05, 4.69) is 20.6 Å². The summed E-state index contributed by atoms with van der Waals surface area (Å²) in [5.74, 6) is 0.827. The van der Waals surface area contributed by atoms with Crippen LogP contribution in [0.25, 0.3) is 0 Å². The Bertz CT molecular complexity index is 625. The van der Waals surface area contributed by atoms with E-state index in [1.54, 1.807) is 6.07 Å². The number of rotatable bonds is 5. The van der Waals surface area contributed by atoms with Gasteiger partial charge in [0.15, 0.2) is 0 Å². The monoisotopic (exact) mass is 284 g/mol. The number of amides is 1. The first-order chi connectivity index (χ1) is 10.1. The minimum Gasteiger partial charge on any atom is -0.350 e. The standard InChI is InChI=1S/C16H20N4O/c1-11(2)9-17-16(21)14-8-15(19-10-18-14)20-13-7-5-4-6-12(13)3/h4-8,10-11H,9H2,1-3H3,(H,17,21)(H,18,19,20). The molecule has 0 fully saturated rings. The molecule has 0 radical (unpaired) electrons. The molecule has 0 atom stereocenters. The molecule has 0 aliphatic rings. The van der Waals surface area contributed by atoms with Gasteiger partial charge in [-0.15, -0.1) is 0 Å². The molecule has 110 valence electrons. The van der Waals surface area contributed by atoms with Crippen LogP contribution in [-0.2, 0) is 0 Å². The molecular weight excluding hydrogens is 264 g/mol. The maximum atomic E-state index is 12.0. The van der Waals surface area contributed by atoms with E-state index in [0.29, 0.717) is 24.0 Å². The third-order valence-corrected chi connectivity index (χ3v) is 2.98. The van der Waals surface area contributed by atoms with E-state index in [1.807, 2.05) is 45.0 Å². The van der Waals surface area contributed by atoms with Gasteiger partial charge in [0.1, 0.15) is 17.8 Å². The highest BCUT2D eigenvalue weighted by atomic mass is 16.1. The molecule has 0 saturated carbocycles. The van der Waals surface area contributed by atoms with Gasteiger partial charge < -0.3 is 10.6 Å². The van der Waals surface area contributed by atoms with Crippen molar-refractivity contribution in [1.29, 1.82) is 0 Å². The molecule has 21 heavy (non-hydrogen) atoms. The average molecular weight is 284 g/mol. The summed E-state index contributed by atoms with van der Waals surface area (Å²) in [5, 5.41) is 6.05. The Balaban J connectivity index is 2.11. The van der Waals surface area contributed by atoms with Gasteiger partial charge in [-0.1, -0.05) is 32.0 Å². The van der Waals surface area contributed by atoms with E-state index in [1.165, 1.54) is 6.33 Å². The summed E-state index contributed by atoms with van der Waals surface area (Å²) in [7, 11) is 0. The van der Waals surface area contributed by atoms with E-state index in [9.17, 15) is 4.79 Å². The summed E-state index contributed by atoms with van der Waals surface area (Å²) in [6, 6.07) is 9.57. The van der Waals surface area contributed by atoms with Gasteiger partial charge in [0.05, 0.1) is 0 Å². The van der Waals surface area contributed by atoms with Gasteiger partial charge in [-0.25, -0.2) is 9.97 Å². The van der Waals surface area contributed by atoms with Crippen LogP contribution in [0.5, 0.6) is 0 Å². The number of carbonyl (C=O) groups excluding carboxylic acids is 1. The van der Waals surface area contributed by atoms with Gasteiger partial charge in [0.25, 0.3) is 5.91 Å². The lowest BCUT2D eigenvalue weighted by molar-refractivity contribution is 0.0944. The second kappa shape index (κ2) is 6.83. The Morgan fingerprint density at radius 2 is 2.00 bits per heavy atom. The zero-order valence-electron chi connectivity index (χ0n) is 12.6. The largest absolute Gasteiger partial charge is 0.350 e. The topological polar surface area (TPSA) is 66.9 Å². The summed E-state index contributed by atoms with van der Waals surface area (Å²) in [6.07, 6.45) is 1.39. The lowest BCUT2D eigenvalue weighted by Crippen LogP contribution is -2.28. The molecule has 1 aromatic heterocycles. The Morgan fingerprint density at radius 1 is 1.24 bits per heavy atom. The number of aromatic nitrogens is 2. The lowest BCUT2D eigenvalue weighted by atomic mass is 10.2. The van der Waals surface area contributed by atoms with Gasteiger partial charge in [-0.2, -0.15) is 0 Å². The molecule has 5 heteroatoms. The highest BCUT2D eigenvalue weighted by Gasteiger charge is 2.09. The lowest BCUT2D eigenvalue weighted by Gasteiger charge is -2.10. The Morgan fingerprint density at radius 3 is 2.71 bits per heavy atom. The van der Waals surface area contributed by atoms with Crippen molar-refractivity contribution in [3.63, 3.8) is 0 Å². The van der Waals surface area contributed by atoms with Gasteiger partial charge in [0, 0.05) is 18.3 Å². The van der Waals surface area contributed by atoms with Crippen molar-refractivity contribution in [2.24, 2.45) is 5.92 Å². The van der Waals surface area contributed by atoms with Crippen LogP contribution in [0, 0.1) is 12.8 Å². The van der Waals surface area contributed by atoms with Crippen LogP contribution in [0.1, 0.15) is 29.9 Å². The van der Waals surface area contributed by atoms with Crippen LogP contribution in [-0.4, -0.2) is 22.4 Å². The second-order valence-electron chi connectivity index (χ2n) is 5.33. The molecule has 2 aromatic rings. The number of para-hydroxylation sites is 1. The van der Waals surface area contributed by atoms with Crippen LogP contribution >= 0.6 is 0 Å². The van der Waals surface area contributed by atoms with E-state index in [0.717, 1.165) is 11.3 Å². The fourth-order valence-corrected chi connectivity index (χ4v) is 1.79. The number of anilines is 2. The van der Waals surface area contributed by atoms with Crippen LogP contribution in [0.4, 0.5) is 11.5 Å². The van der Waals surface area contributed by atoms with Gasteiger partial charge in [-0.05, 0) is 24.5 Å². The van der Waals surface area contributed by atoms with Crippen molar-refractivity contribution in [2.75, 3.05) is 11.9 Å². The quantitative estimate of drug-likeness (QED) is 0.886. The number of hydrogen-bond acceptors (Lipinski definition) is 4. The van der Waals surface area contributed by atoms with E-state index >= 15 is 0 Å². The number of nitrogens with one attached hydrogen (secondary N) is 2. The normalized spacial score (nSPS) is 10.5. The first-order valence-electron chi connectivity index (χ1n) is 6.99. The minimum atomic E-state index is -0.182. The second-order valence-corrected chi connectivity index (χ2v) is 5.33. The average Bonchev–Trinajstić information content (AvgIpc) is 2.47. The van der Waals surface area contributed by atoms with E-state index < -0.39 is 0 Å². The zero-order chi connectivity index (χ0) is 15.2. The van der Waals surface area contributed by atoms with Crippen LogP contribution in [0.2, 0.25) is 0 Å². The first kappa shape index (κ1) is 15.0. The molecule has 2 N–H and O–H groups in total. The highest BCUT2D eigenvalue weighted by molar-refractivity contribution is 5.92. The molecular formula is C16H20N4O. The van der Waals surface area contributed by atoms with Crippen LogP contribution in [0.15, 0.2) is 36.7 Å². The zero-order valence-corrected chi connectivity index (χ0v) is 12.6. The molecule has 0 spiro atoms. The molecule has 0 aliphatic carbocycles. The van der Waals surface area contributed by atoms with Crippen molar-refractivity contribution in [1.82, 2.24) is 15.3 Å². The summed E-state index contributed by atoms with van der Waals surface area (Å²) in [5.41, 5.74) is 2.44. The smallest absolute Gasteiger partial charge is 0.270 e. The van der Waals surface area contributed by atoms with Gasteiger partial charge >= 0.3 is 0 Å². The number of hydrogen-bond donors (Lipinski definition) is 2. The minimum absolute atomic E-state index is 0.182. The van der Waals surface area contributed by atoms with E-state index in [4.69, 9.17) is 0 Å². The van der Waals surface area contributed by atoms with E-state index in [-0.39, 0.29) is 5.91 Å². The third-order valence-electron chi connectivity index (χ3n) is 2.98. The summed E-state index contributed by atoms with van der Waals surface area (Å²) in [4.78, 5) is 20.2. The predicted octanol–water partition coefficient (Wildman–Crippen LogP) is 2.91. The van der Waals surface area contributed by atoms with Crippen molar-refractivity contribution >= 4 is 17.4 Å². The Hall–Kier alpha value is -2.43. The maximum Gasteiger partial charge on any atom is 0.270 e. The number of nitrogens with zero attached hydrogens (tertiary/aromatic N) is 2. The van der Waals surface area contributed by atoms with Crippen molar-refractivity contribution in [2.45, 2.75) is 20.8 Å². The highest BCUT2D eigenvalue weighted by Crippen LogP contribution is 2.18. The third kappa shape index (κ3) is 4.27. The first-order valence-corrected chi connectivity index (χ1v) is 6.99. The Labute approximate surface area is 124 Å². The molecule has 0 bridgehead atoms. The molecule has 1 aromatic carbocycles. The predicted molar refractivity (Wildman–Crippen MR) is 83.7 cm³/mol. The molecule has 1 amide bonds. The van der Waals surface area contributed by atoms with Gasteiger partial charge in [0.2, 0.25) is 0 Å². The van der Waals surface area contributed by atoms with Crippen LogP contribution in [0.3, 0.4) is 0 Å². The molecule has 5 nitrogen and oxygen atoms in total. The number of aryl methyl sites for hydroxylation is 1. The van der Waals surface area contributed by atoms with Crippen molar-refractivity contribution < 1.29 is 4.79 Å². The SMILES string of the molecule is Cc1ccccc1Nc1cc(C(=O)NCC(C)C)ncn1. The maximum absolute atomic E-state index is 12.0. The molecule has 1 heterocycles. The Kier molecular flexibility index (Phi) is 4.87.